The molecule has 0 unspecified atom stereocenters. The maximum absolute atomic E-state index is 13.5. The first-order chi connectivity index (χ1) is 15.9. The molecule has 0 heterocycles. The zero-order valence-electron chi connectivity index (χ0n) is 20.4. The number of nitrogens with one attached hydrogen (secondary N) is 1. The molecule has 2 amide bonds. The molecule has 0 fully saturated rings. The van der Waals surface area contributed by atoms with E-state index < -0.39 is 28.5 Å². The van der Waals surface area contributed by atoms with Gasteiger partial charge in [-0.3, -0.25) is 13.9 Å². The summed E-state index contributed by atoms with van der Waals surface area (Å²) in [5.74, 6) is -0.516. The van der Waals surface area contributed by atoms with Crippen LogP contribution in [0.5, 0.6) is 0 Å². The van der Waals surface area contributed by atoms with Gasteiger partial charge in [-0.1, -0.05) is 62.7 Å². The van der Waals surface area contributed by atoms with Gasteiger partial charge >= 0.3 is 0 Å². The maximum atomic E-state index is 13.5. The van der Waals surface area contributed by atoms with Crippen LogP contribution in [0.4, 0.5) is 5.69 Å². The number of aryl methyl sites for hydroxylation is 1. The summed E-state index contributed by atoms with van der Waals surface area (Å²) in [4.78, 5) is 27.8. The monoisotopic (exact) mass is 507 g/mol. The Balaban J connectivity index is 2.39. The summed E-state index contributed by atoms with van der Waals surface area (Å²) in [6.07, 6.45) is 1.69. The molecule has 0 radical (unpaired) electrons. The molecule has 0 spiro atoms. The Hall–Kier alpha value is -2.58. The Morgan fingerprint density at radius 2 is 1.65 bits per heavy atom. The topological polar surface area (TPSA) is 86.8 Å². The van der Waals surface area contributed by atoms with Gasteiger partial charge in [0.2, 0.25) is 21.8 Å². The molecule has 34 heavy (non-hydrogen) atoms. The van der Waals surface area contributed by atoms with Gasteiger partial charge in [-0.25, -0.2) is 8.42 Å². The summed E-state index contributed by atoms with van der Waals surface area (Å²) >= 11 is 5.99. The van der Waals surface area contributed by atoms with Crippen LogP contribution in [0, 0.1) is 5.92 Å². The Labute approximate surface area is 208 Å². The van der Waals surface area contributed by atoms with E-state index in [0.717, 1.165) is 21.7 Å². The van der Waals surface area contributed by atoms with Crippen molar-refractivity contribution in [1.82, 2.24) is 10.2 Å². The lowest BCUT2D eigenvalue weighted by Gasteiger charge is -2.32. The van der Waals surface area contributed by atoms with E-state index in [1.54, 1.807) is 43.3 Å². The maximum Gasteiger partial charge on any atom is 0.244 e. The third-order valence-electron chi connectivity index (χ3n) is 5.44. The molecule has 2 rings (SSSR count). The Bertz CT molecular complexity index is 1090. The number of sulfonamides is 1. The van der Waals surface area contributed by atoms with Crippen LogP contribution in [0.25, 0.3) is 0 Å². The molecule has 0 aromatic heterocycles. The van der Waals surface area contributed by atoms with E-state index in [2.05, 4.69) is 5.32 Å². The SMILES string of the molecule is CCc1ccccc1N(CC(=O)N(Cc1ccc(Cl)cc1)[C@@H](C)C(=O)NCC(C)C)S(C)(=O)=O. The van der Waals surface area contributed by atoms with Crippen molar-refractivity contribution in [3.63, 3.8) is 0 Å². The van der Waals surface area contributed by atoms with Crippen molar-refractivity contribution in [3.05, 3.63) is 64.7 Å². The predicted molar refractivity (Wildman–Crippen MR) is 137 cm³/mol. The molecular weight excluding hydrogens is 474 g/mol. The highest BCUT2D eigenvalue weighted by atomic mass is 35.5. The Morgan fingerprint density at radius 1 is 1.03 bits per heavy atom. The number of hydrogen-bond acceptors (Lipinski definition) is 4. The van der Waals surface area contributed by atoms with Crippen molar-refractivity contribution in [2.75, 3.05) is 23.7 Å². The second kappa shape index (κ2) is 12.2. The first kappa shape index (κ1) is 27.7. The standard InChI is InChI=1S/C25H34ClN3O4S/c1-6-21-9-7-8-10-23(21)29(34(5,32)33)17-24(30)28(16-20-11-13-22(26)14-12-20)19(4)25(31)27-15-18(2)3/h7-14,18-19H,6,15-17H2,1-5H3,(H,27,31)/t19-/m0/s1. The first-order valence-electron chi connectivity index (χ1n) is 11.3. The van der Waals surface area contributed by atoms with Crippen LogP contribution in [0.3, 0.4) is 0 Å². The van der Waals surface area contributed by atoms with Crippen molar-refractivity contribution >= 4 is 39.1 Å². The normalized spacial score (nSPS) is 12.3. The third kappa shape index (κ3) is 7.74. The molecule has 0 saturated carbocycles. The number of carbonyl (C=O) groups is 2. The van der Waals surface area contributed by atoms with Gasteiger partial charge in [-0.15, -0.1) is 0 Å². The lowest BCUT2D eigenvalue weighted by molar-refractivity contribution is -0.139. The van der Waals surface area contributed by atoms with Crippen molar-refractivity contribution in [2.24, 2.45) is 5.92 Å². The highest BCUT2D eigenvalue weighted by Crippen LogP contribution is 2.24. The Morgan fingerprint density at radius 3 is 2.21 bits per heavy atom. The molecule has 9 heteroatoms. The van der Waals surface area contributed by atoms with Crippen LogP contribution >= 0.6 is 11.6 Å². The summed E-state index contributed by atoms with van der Waals surface area (Å²) < 4.78 is 26.5. The second-order valence-electron chi connectivity index (χ2n) is 8.71. The summed E-state index contributed by atoms with van der Waals surface area (Å²) in [6.45, 7) is 7.74. The molecule has 0 aliphatic heterocycles. The summed E-state index contributed by atoms with van der Waals surface area (Å²) in [6, 6.07) is 13.3. The molecule has 0 bridgehead atoms. The van der Waals surface area contributed by atoms with Gasteiger partial charge in [0.05, 0.1) is 11.9 Å². The fourth-order valence-corrected chi connectivity index (χ4v) is 4.48. The number of amides is 2. The predicted octanol–water partition coefficient (Wildman–Crippen LogP) is 3.86. The summed E-state index contributed by atoms with van der Waals surface area (Å²) in [5, 5.41) is 3.42. The summed E-state index contributed by atoms with van der Waals surface area (Å²) in [5.41, 5.74) is 2.05. The minimum atomic E-state index is -3.76. The molecule has 1 atom stereocenters. The smallest absolute Gasteiger partial charge is 0.244 e. The zero-order chi connectivity index (χ0) is 25.5. The number of nitrogens with zero attached hydrogens (tertiary/aromatic N) is 2. The van der Waals surface area contributed by atoms with Gasteiger partial charge in [-0.05, 0) is 48.6 Å². The van der Waals surface area contributed by atoms with Crippen LogP contribution in [0.15, 0.2) is 48.5 Å². The number of rotatable bonds is 11. The van der Waals surface area contributed by atoms with Gasteiger partial charge in [0.1, 0.15) is 12.6 Å². The zero-order valence-corrected chi connectivity index (χ0v) is 22.0. The van der Waals surface area contributed by atoms with Crippen LogP contribution in [-0.4, -0.2) is 50.5 Å². The molecule has 0 aliphatic carbocycles. The van der Waals surface area contributed by atoms with E-state index in [0.29, 0.717) is 23.7 Å². The molecule has 0 aliphatic rings. The van der Waals surface area contributed by atoms with Crippen LogP contribution < -0.4 is 9.62 Å². The van der Waals surface area contributed by atoms with E-state index in [1.165, 1.54) is 4.90 Å². The molecule has 186 valence electrons. The van der Waals surface area contributed by atoms with Gasteiger partial charge in [-0.2, -0.15) is 0 Å². The van der Waals surface area contributed by atoms with E-state index in [9.17, 15) is 18.0 Å². The quantitative estimate of drug-likeness (QED) is 0.500. The van der Waals surface area contributed by atoms with E-state index in [4.69, 9.17) is 11.6 Å². The van der Waals surface area contributed by atoms with Gasteiger partial charge in [0.15, 0.2) is 0 Å². The molecule has 0 saturated heterocycles. The van der Waals surface area contributed by atoms with Crippen molar-refractivity contribution in [1.29, 1.82) is 0 Å². The van der Waals surface area contributed by atoms with Crippen molar-refractivity contribution < 1.29 is 18.0 Å². The minimum absolute atomic E-state index is 0.138. The van der Waals surface area contributed by atoms with E-state index >= 15 is 0 Å². The number of para-hydroxylation sites is 1. The lowest BCUT2D eigenvalue weighted by Crippen LogP contribution is -2.51. The van der Waals surface area contributed by atoms with Crippen molar-refractivity contribution in [2.45, 2.75) is 46.7 Å². The molecule has 1 N–H and O–H groups in total. The Kier molecular flexibility index (Phi) is 9.94. The fourth-order valence-electron chi connectivity index (χ4n) is 3.47. The average Bonchev–Trinajstić information content (AvgIpc) is 2.79. The van der Waals surface area contributed by atoms with E-state index in [1.807, 2.05) is 32.9 Å². The number of carbonyl (C=O) groups excluding carboxylic acids is 2. The number of benzene rings is 2. The van der Waals surface area contributed by atoms with Crippen LogP contribution in [-0.2, 0) is 32.6 Å². The molecule has 7 nitrogen and oxygen atoms in total. The van der Waals surface area contributed by atoms with E-state index in [-0.39, 0.29) is 18.4 Å². The highest BCUT2D eigenvalue weighted by Gasteiger charge is 2.30. The third-order valence-corrected chi connectivity index (χ3v) is 6.82. The minimum Gasteiger partial charge on any atom is -0.354 e. The number of hydrogen-bond donors (Lipinski definition) is 1. The van der Waals surface area contributed by atoms with Gasteiger partial charge in [0, 0.05) is 18.1 Å². The van der Waals surface area contributed by atoms with Crippen LogP contribution in [0.2, 0.25) is 5.02 Å². The van der Waals surface area contributed by atoms with Crippen molar-refractivity contribution in [3.8, 4) is 0 Å². The van der Waals surface area contributed by atoms with Gasteiger partial charge < -0.3 is 10.2 Å². The highest BCUT2D eigenvalue weighted by molar-refractivity contribution is 7.92. The second-order valence-corrected chi connectivity index (χ2v) is 11.1. The summed E-state index contributed by atoms with van der Waals surface area (Å²) in [7, 11) is -3.76. The van der Waals surface area contributed by atoms with Crippen LogP contribution in [0.1, 0.15) is 38.8 Å². The molecule has 2 aromatic carbocycles. The molecular formula is C25H34ClN3O4S. The lowest BCUT2D eigenvalue weighted by atomic mass is 10.1. The fraction of sp³-hybridized carbons (Fsp3) is 0.440. The molecule has 2 aromatic rings. The average molecular weight is 508 g/mol. The number of anilines is 1. The number of halogens is 1. The first-order valence-corrected chi connectivity index (χ1v) is 13.5. The largest absolute Gasteiger partial charge is 0.354 e. The van der Waals surface area contributed by atoms with Gasteiger partial charge in [0.25, 0.3) is 0 Å².